The first kappa shape index (κ1) is 22.1. The van der Waals surface area contributed by atoms with Gasteiger partial charge in [0, 0.05) is 5.56 Å². The third kappa shape index (κ3) is 3.91. The molecule has 4 aromatic rings. The van der Waals surface area contributed by atoms with E-state index in [0.29, 0.717) is 5.56 Å². The number of methoxy groups -OCH3 is 2. The normalized spacial score (nSPS) is 12.6. The summed E-state index contributed by atoms with van der Waals surface area (Å²) in [6.07, 6.45) is 0. The zero-order chi connectivity index (χ0) is 22.6. The van der Waals surface area contributed by atoms with E-state index >= 15 is 0 Å². The van der Waals surface area contributed by atoms with Gasteiger partial charge in [-0.25, -0.2) is 0 Å². The van der Waals surface area contributed by atoms with Crippen molar-refractivity contribution in [3.63, 3.8) is 0 Å². The maximum absolute atomic E-state index is 14.4. The van der Waals surface area contributed by atoms with Crippen molar-refractivity contribution in [3.8, 4) is 11.5 Å². The lowest BCUT2D eigenvalue weighted by molar-refractivity contribution is 0.0935. The zero-order valence-corrected chi connectivity index (χ0v) is 20.1. The van der Waals surface area contributed by atoms with Crippen LogP contribution >= 0.6 is 22.6 Å². The second-order valence-corrected chi connectivity index (χ2v) is 8.55. The molecule has 0 bridgehead atoms. The van der Waals surface area contributed by atoms with E-state index < -0.39 is 5.41 Å². The number of carbonyl (C=O) groups is 1. The minimum Gasteiger partial charge on any atom is -0.497 e. The summed E-state index contributed by atoms with van der Waals surface area (Å²) < 4.78 is 11.8. The molecule has 32 heavy (non-hydrogen) atoms. The Hall–Kier alpha value is -3.12. The Morgan fingerprint density at radius 3 is 1.81 bits per heavy atom. The van der Waals surface area contributed by atoms with Crippen LogP contribution in [0.2, 0.25) is 0 Å². The van der Waals surface area contributed by atoms with E-state index in [-0.39, 0.29) is 5.78 Å². The van der Waals surface area contributed by atoms with Gasteiger partial charge in [-0.2, -0.15) is 0 Å². The smallest absolute Gasteiger partial charge is 0.182 e. The molecule has 0 spiro atoms. The number of Topliss-reactive ketones (excluding diaryl/α,β-unsaturated/α-hetero) is 1. The third-order valence-corrected chi connectivity index (χ3v) is 6.53. The first-order valence-corrected chi connectivity index (χ1v) is 11.3. The van der Waals surface area contributed by atoms with Gasteiger partial charge < -0.3 is 9.47 Å². The molecule has 0 aliphatic rings. The topological polar surface area (TPSA) is 35.5 Å². The van der Waals surface area contributed by atoms with Crippen molar-refractivity contribution >= 4 is 28.4 Å². The molecule has 4 rings (SSSR count). The van der Waals surface area contributed by atoms with Gasteiger partial charge in [-0.15, -0.1) is 0 Å². The first-order chi connectivity index (χ1) is 15.6. The first-order valence-electron chi connectivity index (χ1n) is 10.2. The molecular formula is C28H23IO3. The van der Waals surface area contributed by atoms with Gasteiger partial charge in [-0.3, -0.25) is 4.79 Å². The highest BCUT2D eigenvalue weighted by Crippen LogP contribution is 2.44. The molecule has 0 amide bonds. The van der Waals surface area contributed by atoms with Gasteiger partial charge in [0.05, 0.1) is 17.8 Å². The summed E-state index contributed by atoms with van der Waals surface area (Å²) in [4.78, 5) is 14.4. The van der Waals surface area contributed by atoms with Crippen molar-refractivity contribution in [3.05, 3.63) is 129 Å². The van der Waals surface area contributed by atoms with Crippen molar-refractivity contribution in [2.75, 3.05) is 14.2 Å². The number of benzene rings is 4. The van der Waals surface area contributed by atoms with Crippen molar-refractivity contribution in [1.29, 1.82) is 0 Å². The van der Waals surface area contributed by atoms with Gasteiger partial charge in [-0.1, -0.05) is 78.9 Å². The molecule has 0 aliphatic carbocycles. The molecule has 4 aromatic carbocycles. The fourth-order valence-corrected chi connectivity index (χ4v) is 4.86. The number of halogens is 1. The summed E-state index contributed by atoms with van der Waals surface area (Å²) in [5, 5.41) is 0. The number of hydrogen-bond acceptors (Lipinski definition) is 3. The summed E-state index contributed by atoms with van der Waals surface area (Å²) in [6.45, 7) is 0. The fourth-order valence-electron chi connectivity index (χ4n) is 4.13. The minimum atomic E-state index is -1.04. The van der Waals surface area contributed by atoms with E-state index in [1.54, 1.807) is 14.2 Å². The molecule has 3 nitrogen and oxygen atoms in total. The monoisotopic (exact) mass is 534 g/mol. The number of ketones is 1. The highest BCUT2D eigenvalue weighted by molar-refractivity contribution is 14.1. The van der Waals surface area contributed by atoms with Crippen LogP contribution in [0.5, 0.6) is 11.5 Å². The molecular weight excluding hydrogens is 511 g/mol. The van der Waals surface area contributed by atoms with Crippen molar-refractivity contribution in [1.82, 2.24) is 0 Å². The Morgan fingerprint density at radius 2 is 1.25 bits per heavy atom. The maximum atomic E-state index is 14.4. The quantitative estimate of drug-likeness (QED) is 0.154. The fraction of sp³-hybridized carbons (Fsp3) is 0.107. The Balaban J connectivity index is 2.08. The van der Waals surface area contributed by atoms with Gasteiger partial charge in [0.25, 0.3) is 0 Å². The van der Waals surface area contributed by atoms with E-state index in [0.717, 1.165) is 31.8 Å². The lowest BCUT2D eigenvalue weighted by Crippen LogP contribution is -2.38. The van der Waals surface area contributed by atoms with E-state index in [9.17, 15) is 4.79 Å². The minimum absolute atomic E-state index is 0.00966. The number of hydrogen-bond donors (Lipinski definition) is 0. The van der Waals surface area contributed by atoms with E-state index in [1.807, 2.05) is 103 Å². The van der Waals surface area contributed by atoms with Crippen LogP contribution in [0.25, 0.3) is 0 Å². The Labute approximate surface area is 202 Å². The molecule has 1 unspecified atom stereocenters. The van der Waals surface area contributed by atoms with E-state index in [2.05, 4.69) is 22.6 Å². The van der Waals surface area contributed by atoms with Crippen molar-refractivity contribution < 1.29 is 14.3 Å². The predicted molar refractivity (Wildman–Crippen MR) is 136 cm³/mol. The summed E-state index contributed by atoms with van der Waals surface area (Å²) in [5.41, 5.74) is 2.27. The van der Waals surface area contributed by atoms with Crippen molar-refractivity contribution in [2.24, 2.45) is 0 Å². The second-order valence-electron chi connectivity index (χ2n) is 7.39. The van der Waals surface area contributed by atoms with Crippen LogP contribution in [0, 0.1) is 3.57 Å². The van der Waals surface area contributed by atoms with Gasteiger partial charge >= 0.3 is 0 Å². The van der Waals surface area contributed by atoms with E-state index in [1.165, 1.54) is 0 Å². The zero-order valence-electron chi connectivity index (χ0n) is 17.9. The summed E-state index contributed by atoms with van der Waals surface area (Å²) in [7, 11) is 3.29. The largest absolute Gasteiger partial charge is 0.497 e. The van der Waals surface area contributed by atoms with E-state index in [4.69, 9.17) is 9.47 Å². The van der Waals surface area contributed by atoms with Gasteiger partial charge in [-0.05, 0) is 63.5 Å². The highest BCUT2D eigenvalue weighted by atomic mass is 127. The molecule has 0 N–H and O–H groups in total. The Morgan fingerprint density at radius 1 is 0.688 bits per heavy atom. The molecule has 0 radical (unpaired) electrons. The molecule has 0 saturated heterocycles. The number of carbonyl (C=O) groups excluding carboxylic acids is 1. The maximum Gasteiger partial charge on any atom is 0.182 e. The van der Waals surface area contributed by atoms with Gasteiger partial charge in [0.2, 0.25) is 0 Å². The molecule has 0 heterocycles. The molecule has 0 aromatic heterocycles. The van der Waals surface area contributed by atoms with Crippen LogP contribution in [0.3, 0.4) is 0 Å². The highest BCUT2D eigenvalue weighted by Gasteiger charge is 2.44. The summed E-state index contributed by atoms with van der Waals surface area (Å²) in [5.74, 6) is 1.53. The van der Waals surface area contributed by atoms with Crippen LogP contribution in [-0.2, 0) is 5.41 Å². The third-order valence-electron chi connectivity index (χ3n) is 5.69. The SMILES string of the molecule is COc1ccc(C(C(=O)c2ccccc2)(c2ccccc2)c2ccc(OC)c(I)c2)cc1. The average Bonchev–Trinajstić information content (AvgIpc) is 2.86. The number of ether oxygens (including phenoxy) is 2. The van der Waals surface area contributed by atoms with Gasteiger partial charge in [0.1, 0.15) is 16.9 Å². The molecule has 4 heteroatoms. The molecule has 1 atom stereocenters. The molecule has 160 valence electrons. The average molecular weight is 534 g/mol. The van der Waals surface area contributed by atoms with Crippen molar-refractivity contribution in [2.45, 2.75) is 5.41 Å². The molecule has 0 aliphatic heterocycles. The predicted octanol–water partition coefficient (Wildman–Crippen LogP) is 6.53. The van der Waals surface area contributed by atoms with Crippen LogP contribution in [0.15, 0.2) is 103 Å². The van der Waals surface area contributed by atoms with Crippen LogP contribution in [0.4, 0.5) is 0 Å². The van der Waals surface area contributed by atoms with Crippen LogP contribution < -0.4 is 9.47 Å². The van der Waals surface area contributed by atoms with Gasteiger partial charge in [0.15, 0.2) is 5.78 Å². The molecule has 0 fully saturated rings. The molecule has 0 saturated carbocycles. The summed E-state index contributed by atoms with van der Waals surface area (Å²) >= 11 is 2.26. The second kappa shape index (κ2) is 9.57. The van der Waals surface area contributed by atoms with Crippen LogP contribution in [0.1, 0.15) is 27.0 Å². The lowest BCUT2D eigenvalue weighted by atomic mass is 9.65. The number of rotatable bonds is 7. The lowest BCUT2D eigenvalue weighted by Gasteiger charge is -2.35. The standard InChI is InChI=1S/C28H23IO3/c1-31-24-16-13-22(14-17-24)28(21-11-7-4-8-12-21,27(30)20-9-5-3-6-10-20)23-15-18-26(32-2)25(29)19-23/h3-19H,1-2H3. The Bertz CT molecular complexity index is 1200. The van der Waals surface area contributed by atoms with Crippen LogP contribution in [-0.4, -0.2) is 20.0 Å². The Kier molecular flexibility index (Phi) is 6.61. The summed E-state index contributed by atoms with van der Waals surface area (Å²) in [6, 6.07) is 33.1.